The minimum absolute atomic E-state index is 0.0743. The molecule has 1 aromatic carbocycles. The Morgan fingerprint density at radius 3 is 2.59 bits per heavy atom. The average Bonchev–Trinajstić information content (AvgIpc) is 3.31. The SMILES string of the molecule is CN(c1ccc(-c2ccc(-n3ccnn3)cc2O)nn1)[C@@H]1[C@@H](F)[C@@]2(C)CC[C@]1(C)CN2C. The third-order valence-corrected chi connectivity index (χ3v) is 7.63. The van der Waals surface area contributed by atoms with Crippen molar-refractivity contribution in [2.75, 3.05) is 25.5 Å². The predicted molar refractivity (Wildman–Crippen MR) is 120 cm³/mol. The lowest BCUT2D eigenvalue weighted by Crippen LogP contribution is -2.74. The van der Waals surface area contributed by atoms with Gasteiger partial charge in [-0.3, -0.25) is 4.90 Å². The van der Waals surface area contributed by atoms with Crippen LogP contribution in [0.1, 0.15) is 26.7 Å². The highest BCUT2D eigenvalue weighted by molar-refractivity contribution is 5.69. The molecule has 0 amide bonds. The molecule has 1 aliphatic carbocycles. The highest BCUT2D eigenvalue weighted by Crippen LogP contribution is 2.52. The van der Waals surface area contributed by atoms with Gasteiger partial charge in [0.25, 0.3) is 0 Å². The summed E-state index contributed by atoms with van der Waals surface area (Å²) in [6.07, 6.45) is 4.14. The maximum absolute atomic E-state index is 15.7. The molecule has 9 heteroatoms. The van der Waals surface area contributed by atoms with Crippen LogP contribution in [-0.2, 0) is 0 Å². The maximum atomic E-state index is 15.7. The van der Waals surface area contributed by atoms with E-state index in [0.717, 1.165) is 19.4 Å². The van der Waals surface area contributed by atoms with Gasteiger partial charge in [-0.05, 0) is 51.1 Å². The van der Waals surface area contributed by atoms with Crippen LogP contribution in [0.5, 0.6) is 5.75 Å². The van der Waals surface area contributed by atoms with Gasteiger partial charge in [0.1, 0.15) is 11.9 Å². The van der Waals surface area contributed by atoms with Crippen LogP contribution in [0, 0.1) is 5.41 Å². The van der Waals surface area contributed by atoms with Crippen molar-refractivity contribution in [3.8, 4) is 22.7 Å². The molecule has 3 aliphatic rings. The van der Waals surface area contributed by atoms with Crippen molar-refractivity contribution in [3.63, 3.8) is 0 Å². The van der Waals surface area contributed by atoms with Crippen molar-refractivity contribution in [2.24, 2.45) is 5.41 Å². The fraction of sp³-hybridized carbons (Fsp3) is 0.478. The second-order valence-corrected chi connectivity index (χ2v) is 9.65. The smallest absolute Gasteiger partial charge is 0.151 e. The lowest BCUT2D eigenvalue weighted by molar-refractivity contribution is -0.123. The zero-order valence-electron chi connectivity index (χ0n) is 18.8. The Labute approximate surface area is 186 Å². The number of aromatic hydroxyl groups is 1. The van der Waals surface area contributed by atoms with E-state index >= 15 is 4.39 Å². The minimum Gasteiger partial charge on any atom is -0.507 e. The number of piperidine rings is 2. The number of phenolic OH excluding ortho intramolecular Hbond substituents is 1. The van der Waals surface area contributed by atoms with Gasteiger partial charge >= 0.3 is 0 Å². The van der Waals surface area contributed by atoms with Gasteiger partial charge in [-0.25, -0.2) is 9.07 Å². The van der Waals surface area contributed by atoms with E-state index in [0.29, 0.717) is 22.8 Å². The second kappa shape index (κ2) is 7.23. The Morgan fingerprint density at radius 2 is 1.97 bits per heavy atom. The molecule has 8 nitrogen and oxygen atoms in total. The molecule has 2 bridgehead atoms. The first-order chi connectivity index (χ1) is 15.2. The van der Waals surface area contributed by atoms with E-state index in [2.05, 4.69) is 32.3 Å². The molecule has 168 valence electrons. The maximum Gasteiger partial charge on any atom is 0.151 e. The van der Waals surface area contributed by atoms with Crippen LogP contribution in [0.2, 0.25) is 0 Å². The molecule has 0 spiro atoms. The van der Waals surface area contributed by atoms with Gasteiger partial charge in [0.2, 0.25) is 0 Å². The molecule has 6 rings (SSSR count). The largest absolute Gasteiger partial charge is 0.507 e. The van der Waals surface area contributed by atoms with Gasteiger partial charge in [-0.15, -0.1) is 15.3 Å². The normalized spacial score (nSPS) is 29.9. The molecule has 3 fully saturated rings. The number of alkyl halides is 1. The summed E-state index contributed by atoms with van der Waals surface area (Å²) in [5.41, 5.74) is 1.19. The van der Waals surface area contributed by atoms with E-state index < -0.39 is 11.7 Å². The van der Waals surface area contributed by atoms with Crippen LogP contribution in [0.4, 0.5) is 10.2 Å². The monoisotopic (exact) mass is 437 g/mol. The molecule has 0 radical (unpaired) electrons. The Balaban J connectivity index is 1.41. The van der Waals surface area contributed by atoms with Gasteiger partial charge in [0.05, 0.1) is 35.4 Å². The van der Waals surface area contributed by atoms with E-state index in [4.69, 9.17) is 0 Å². The van der Waals surface area contributed by atoms with Crippen molar-refractivity contribution < 1.29 is 9.50 Å². The molecule has 2 saturated heterocycles. The summed E-state index contributed by atoms with van der Waals surface area (Å²) in [5.74, 6) is 0.699. The number of anilines is 1. The summed E-state index contributed by atoms with van der Waals surface area (Å²) in [7, 11) is 3.93. The number of rotatable bonds is 4. The van der Waals surface area contributed by atoms with Crippen LogP contribution < -0.4 is 4.90 Å². The molecule has 0 unspecified atom stereocenters. The number of phenols is 1. The van der Waals surface area contributed by atoms with Gasteiger partial charge in [0, 0.05) is 30.6 Å². The molecule has 1 saturated carbocycles. The summed E-state index contributed by atoms with van der Waals surface area (Å²) in [4.78, 5) is 4.12. The van der Waals surface area contributed by atoms with Gasteiger partial charge in [-0.1, -0.05) is 12.1 Å². The Morgan fingerprint density at radius 1 is 1.16 bits per heavy atom. The van der Waals surface area contributed by atoms with Crippen LogP contribution in [0.25, 0.3) is 16.9 Å². The first-order valence-electron chi connectivity index (χ1n) is 10.8. The van der Waals surface area contributed by atoms with Gasteiger partial charge in [0.15, 0.2) is 5.82 Å². The molecule has 1 N–H and O–H groups in total. The van der Waals surface area contributed by atoms with Crippen molar-refractivity contribution >= 4 is 5.82 Å². The number of halogens is 1. The van der Waals surface area contributed by atoms with Crippen molar-refractivity contribution in [2.45, 2.75) is 44.4 Å². The van der Waals surface area contributed by atoms with Crippen LogP contribution in [0.3, 0.4) is 0 Å². The summed E-state index contributed by atoms with van der Waals surface area (Å²) in [6.45, 7) is 5.06. The number of benzene rings is 1. The summed E-state index contributed by atoms with van der Waals surface area (Å²) in [5, 5.41) is 27.0. The molecule has 4 heterocycles. The lowest BCUT2D eigenvalue weighted by atomic mass is 9.59. The molecule has 2 aliphatic heterocycles. The number of aromatic nitrogens is 5. The predicted octanol–water partition coefficient (Wildman–Crippen LogP) is 3.08. The van der Waals surface area contributed by atoms with E-state index in [1.807, 2.05) is 44.1 Å². The van der Waals surface area contributed by atoms with E-state index in [9.17, 15) is 5.11 Å². The van der Waals surface area contributed by atoms with E-state index in [1.54, 1.807) is 29.2 Å². The number of nitrogens with zero attached hydrogens (tertiary/aromatic N) is 7. The highest BCUT2D eigenvalue weighted by atomic mass is 19.1. The summed E-state index contributed by atoms with van der Waals surface area (Å²) in [6, 6.07) is 8.60. The Bertz CT molecular complexity index is 1120. The lowest BCUT2D eigenvalue weighted by Gasteiger charge is -2.63. The van der Waals surface area contributed by atoms with Crippen molar-refractivity contribution in [1.29, 1.82) is 0 Å². The third-order valence-electron chi connectivity index (χ3n) is 7.63. The van der Waals surface area contributed by atoms with E-state index in [1.165, 1.54) is 0 Å². The van der Waals surface area contributed by atoms with Gasteiger partial charge < -0.3 is 10.0 Å². The first-order valence-corrected chi connectivity index (χ1v) is 10.8. The second-order valence-electron chi connectivity index (χ2n) is 9.65. The quantitative estimate of drug-likeness (QED) is 0.672. The van der Waals surface area contributed by atoms with Crippen LogP contribution in [-0.4, -0.2) is 73.6 Å². The Hall–Kier alpha value is -3.07. The third kappa shape index (κ3) is 3.06. The zero-order chi connectivity index (χ0) is 22.7. The van der Waals surface area contributed by atoms with Crippen LogP contribution >= 0.6 is 0 Å². The first kappa shape index (κ1) is 20.8. The minimum atomic E-state index is -0.986. The molecular weight excluding hydrogens is 409 g/mol. The average molecular weight is 438 g/mol. The summed E-state index contributed by atoms with van der Waals surface area (Å²) >= 11 is 0. The van der Waals surface area contributed by atoms with Gasteiger partial charge in [-0.2, -0.15) is 0 Å². The van der Waals surface area contributed by atoms with Crippen molar-refractivity contribution in [1.82, 2.24) is 30.1 Å². The molecule has 3 aromatic rings. The fourth-order valence-corrected chi connectivity index (χ4v) is 5.50. The van der Waals surface area contributed by atoms with Crippen LogP contribution in [0.15, 0.2) is 42.7 Å². The highest BCUT2D eigenvalue weighted by Gasteiger charge is 2.61. The molecule has 2 aromatic heterocycles. The number of hydrogen-bond acceptors (Lipinski definition) is 7. The zero-order valence-corrected chi connectivity index (χ0v) is 18.8. The number of hydrogen-bond donors (Lipinski definition) is 1. The van der Waals surface area contributed by atoms with Crippen molar-refractivity contribution in [3.05, 3.63) is 42.7 Å². The van der Waals surface area contributed by atoms with E-state index in [-0.39, 0.29) is 17.2 Å². The standard InChI is InChI=1S/C23H28FN7O/c1-22-9-10-23(2,29(3)14-22)20(24)21(22)30(4)19-8-7-17(26-27-19)16-6-5-15(13-18(16)32)31-12-11-25-28-31/h5-8,11-13,20-21,32H,9-10,14H2,1-4H3/t20-,21-,22-,23-/m1/s1. The topological polar surface area (TPSA) is 83.2 Å². The Kier molecular flexibility index (Phi) is 4.70. The molecular formula is C23H28FN7O. The fourth-order valence-electron chi connectivity index (χ4n) is 5.50. The summed E-state index contributed by atoms with van der Waals surface area (Å²) < 4.78 is 17.3. The molecule has 32 heavy (non-hydrogen) atoms. The molecule has 4 atom stereocenters. The number of fused-ring (bicyclic) bond motifs is 3.